The molecule has 0 atom stereocenters. The molecule has 0 spiro atoms. The molecule has 18 heteroatoms. The SMILES string of the molecule is O=C1NC(c2ccccc2)(c2ccccc2)C(=O)N1COP(=O)(O)O.O=C1NC(c2ccccc2)(c2ccccc2)C(=O)N1COP(=O)(O)O. The van der Waals surface area contributed by atoms with Gasteiger partial charge < -0.3 is 30.2 Å². The second-order valence-corrected chi connectivity index (χ2v) is 13.3. The van der Waals surface area contributed by atoms with Gasteiger partial charge in [-0.1, -0.05) is 121 Å². The van der Waals surface area contributed by atoms with E-state index in [1.54, 1.807) is 121 Å². The van der Waals surface area contributed by atoms with Crippen molar-refractivity contribution in [3.05, 3.63) is 144 Å². The van der Waals surface area contributed by atoms with Gasteiger partial charge in [0.15, 0.2) is 11.1 Å². The van der Waals surface area contributed by atoms with Crippen LogP contribution in [0.15, 0.2) is 121 Å². The van der Waals surface area contributed by atoms with Crippen LogP contribution in [-0.2, 0) is 38.8 Å². The van der Waals surface area contributed by atoms with Crippen molar-refractivity contribution in [2.24, 2.45) is 0 Å². The summed E-state index contributed by atoms with van der Waals surface area (Å²) in [5.41, 5.74) is -0.872. The Kier molecular flexibility index (Phi) is 10.5. The quantitative estimate of drug-likeness (QED) is 0.102. The van der Waals surface area contributed by atoms with Crippen molar-refractivity contribution in [2.75, 3.05) is 13.5 Å². The fourth-order valence-corrected chi connectivity index (χ4v) is 6.05. The molecule has 0 radical (unpaired) electrons. The molecule has 4 aromatic rings. The van der Waals surface area contributed by atoms with Crippen LogP contribution in [0.1, 0.15) is 22.3 Å². The van der Waals surface area contributed by atoms with E-state index in [4.69, 9.17) is 19.6 Å². The minimum Gasteiger partial charge on any atom is -0.315 e. The fourth-order valence-electron chi connectivity index (χ4n) is 5.52. The topological polar surface area (TPSA) is 232 Å². The molecule has 2 heterocycles. The monoisotopic (exact) mass is 724 g/mol. The first-order chi connectivity index (χ1) is 23.7. The average molecular weight is 725 g/mol. The lowest BCUT2D eigenvalue weighted by Crippen LogP contribution is -2.45. The van der Waals surface area contributed by atoms with Gasteiger partial charge in [0, 0.05) is 0 Å². The number of hydrogen-bond donors (Lipinski definition) is 6. The average Bonchev–Trinajstić information content (AvgIpc) is 3.52. The van der Waals surface area contributed by atoms with E-state index in [1.165, 1.54) is 0 Å². The summed E-state index contributed by atoms with van der Waals surface area (Å²) >= 11 is 0. The Hall–Kier alpha value is -5.02. The van der Waals surface area contributed by atoms with Gasteiger partial charge >= 0.3 is 27.7 Å². The number of phosphoric ester groups is 2. The molecule has 4 aromatic carbocycles. The zero-order chi connectivity index (χ0) is 36.2. The lowest BCUT2D eigenvalue weighted by molar-refractivity contribution is -0.133. The van der Waals surface area contributed by atoms with Crippen molar-refractivity contribution in [1.29, 1.82) is 0 Å². The Morgan fingerprint density at radius 3 is 0.940 bits per heavy atom. The van der Waals surface area contributed by atoms with Crippen LogP contribution in [0.2, 0.25) is 0 Å². The molecule has 16 nitrogen and oxygen atoms in total. The second-order valence-electron chi connectivity index (χ2n) is 10.8. The van der Waals surface area contributed by atoms with Gasteiger partial charge in [0.25, 0.3) is 11.8 Å². The number of hydrogen-bond acceptors (Lipinski definition) is 8. The molecule has 0 aromatic heterocycles. The molecule has 2 fully saturated rings. The summed E-state index contributed by atoms with van der Waals surface area (Å²) in [6.45, 7) is -1.70. The molecule has 0 aliphatic carbocycles. The first-order valence-corrected chi connectivity index (χ1v) is 17.7. The summed E-state index contributed by atoms with van der Waals surface area (Å²) in [6, 6.07) is 32.9. The lowest BCUT2D eigenvalue weighted by atomic mass is 9.83. The molecule has 0 bridgehead atoms. The van der Waals surface area contributed by atoms with Crippen molar-refractivity contribution in [1.82, 2.24) is 20.4 Å². The number of nitrogens with one attached hydrogen (secondary N) is 2. The van der Waals surface area contributed by atoms with Crippen LogP contribution in [0.3, 0.4) is 0 Å². The number of rotatable bonds is 10. The van der Waals surface area contributed by atoms with Crippen LogP contribution in [0.25, 0.3) is 0 Å². The van der Waals surface area contributed by atoms with Crippen LogP contribution < -0.4 is 10.6 Å². The number of phosphoric acid groups is 2. The van der Waals surface area contributed by atoms with Gasteiger partial charge in [-0.15, -0.1) is 0 Å². The molecule has 2 saturated heterocycles. The summed E-state index contributed by atoms with van der Waals surface area (Å²) in [7, 11) is -9.66. The third-order valence-corrected chi connectivity index (χ3v) is 8.65. The zero-order valence-corrected chi connectivity index (χ0v) is 27.6. The van der Waals surface area contributed by atoms with Gasteiger partial charge in [-0.3, -0.25) is 18.6 Å². The van der Waals surface area contributed by atoms with Crippen molar-refractivity contribution >= 4 is 39.5 Å². The molecule has 50 heavy (non-hydrogen) atoms. The number of carbonyl (C=O) groups excluding carboxylic acids is 4. The van der Waals surface area contributed by atoms with E-state index in [2.05, 4.69) is 19.7 Å². The molecular weight excluding hydrogens is 694 g/mol. The Labute approximate surface area is 284 Å². The van der Waals surface area contributed by atoms with Crippen LogP contribution in [-0.4, -0.2) is 66.7 Å². The maximum absolute atomic E-state index is 13.1. The number of benzene rings is 4. The van der Waals surface area contributed by atoms with Crippen molar-refractivity contribution in [3.63, 3.8) is 0 Å². The molecular formula is C32H30N4O12P2. The molecule has 6 rings (SSSR count). The number of carbonyl (C=O) groups is 4. The molecule has 260 valence electrons. The first-order valence-electron chi connectivity index (χ1n) is 14.6. The maximum Gasteiger partial charge on any atom is 0.471 e. The fraction of sp³-hybridized carbons (Fsp3) is 0.125. The van der Waals surface area contributed by atoms with Gasteiger partial charge in [0.05, 0.1) is 0 Å². The lowest BCUT2D eigenvalue weighted by Gasteiger charge is -2.27. The predicted molar refractivity (Wildman–Crippen MR) is 174 cm³/mol. The zero-order valence-electron chi connectivity index (χ0n) is 25.8. The summed E-state index contributed by atoms with van der Waals surface area (Å²) in [5.74, 6) is -1.35. The predicted octanol–water partition coefficient (Wildman–Crippen LogP) is 3.10. The van der Waals surface area contributed by atoms with E-state index in [-0.39, 0.29) is 0 Å². The highest BCUT2D eigenvalue weighted by molar-refractivity contribution is 7.46. The number of imide groups is 2. The molecule has 6 N–H and O–H groups in total. The minimum absolute atomic E-state index is 0.526. The Morgan fingerprint density at radius 1 is 0.480 bits per heavy atom. The van der Waals surface area contributed by atoms with Crippen molar-refractivity contribution < 1.29 is 56.9 Å². The molecule has 2 aliphatic heterocycles. The second kappa shape index (κ2) is 14.5. The minimum atomic E-state index is -4.83. The third kappa shape index (κ3) is 7.43. The molecule has 6 amide bonds. The van der Waals surface area contributed by atoms with Gasteiger partial charge in [-0.25, -0.2) is 28.5 Å². The summed E-state index contributed by atoms with van der Waals surface area (Å²) in [4.78, 5) is 87.4. The summed E-state index contributed by atoms with van der Waals surface area (Å²) < 4.78 is 30.5. The van der Waals surface area contributed by atoms with Gasteiger partial charge in [0.1, 0.15) is 13.5 Å². The first kappa shape index (κ1) is 36.3. The number of amides is 6. The highest BCUT2D eigenvalue weighted by Crippen LogP contribution is 2.41. The van der Waals surface area contributed by atoms with Crippen LogP contribution >= 0.6 is 15.6 Å². The van der Waals surface area contributed by atoms with Crippen molar-refractivity contribution in [2.45, 2.75) is 11.1 Å². The van der Waals surface area contributed by atoms with E-state index < -0.39 is 64.1 Å². The molecule has 0 saturated carbocycles. The standard InChI is InChI=1S/2C16H15N2O6P/c2*19-14-16(12-7-3-1-4-8-12,13-9-5-2-6-10-13)17-15(20)18(14)11-24-25(21,22)23/h2*1-10H,11H2,(H,17,20)(H2,21,22,23). The maximum atomic E-state index is 13.1. The number of nitrogens with zero attached hydrogens (tertiary/aromatic N) is 2. The largest absolute Gasteiger partial charge is 0.471 e. The van der Waals surface area contributed by atoms with E-state index in [9.17, 15) is 28.3 Å². The third-order valence-electron chi connectivity index (χ3n) is 7.75. The van der Waals surface area contributed by atoms with E-state index in [1.807, 2.05) is 0 Å². The summed E-state index contributed by atoms with van der Waals surface area (Å²) in [5, 5.41) is 5.28. The Bertz CT molecular complexity index is 1740. The van der Waals surface area contributed by atoms with Crippen molar-refractivity contribution in [3.8, 4) is 0 Å². The van der Waals surface area contributed by atoms with E-state index in [0.29, 0.717) is 32.1 Å². The highest BCUT2D eigenvalue weighted by atomic mass is 31.2. The smallest absolute Gasteiger partial charge is 0.315 e. The highest BCUT2D eigenvalue weighted by Gasteiger charge is 2.55. The summed E-state index contributed by atoms with van der Waals surface area (Å²) in [6.07, 6.45) is 0. The van der Waals surface area contributed by atoms with E-state index in [0.717, 1.165) is 0 Å². The Morgan fingerprint density at radius 2 is 0.720 bits per heavy atom. The van der Waals surface area contributed by atoms with Gasteiger partial charge in [-0.2, -0.15) is 0 Å². The van der Waals surface area contributed by atoms with Crippen LogP contribution in [0.5, 0.6) is 0 Å². The molecule has 2 aliphatic rings. The van der Waals surface area contributed by atoms with Crippen LogP contribution in [0.4, 0.5) is 9.59 Å². The van der Waals surface area contributed by atoms with Gasteiger partial charge in [-0.05, 0) is 22.3 Å². The Balaban J connectivity index is 0.000000194. The molecule has 0 unspecified atom stereocenters. The normalized spacial score (nSPS) is 16.8. The van der Waals surface area contributed by atoms with Gasteiger partial charge in [0.2, 0.25) is 0 Å². The number of urea groups is 2. The van der Waals surface area contributed by atoms with E-state index >= 15 is 0 Å². The van der Waals surface area contributed by atoms with Crippen LogP contribution in [0, 0.1) is 0 Å².